The minimum Gasteiger partial charge on any atom is -0.303 e. The third-order valence-electron chi connectivity index (χ3n) is 2.45. The Hall–Kier alpha value is -0.590. The van der Waals surface area contributed by atoms with Crippen LogP contribution >= 0.6 is 0 Å². The van der Waals surface area contributed by atoms with Crippen molar-refractivity contribution < 1.29 is 4.79 Å². The van der Waals surface area contributed by atoms with Crippen LogP contribution in [0.3, 0.4) is 0 Å². The fourth-order valence-electron chi connectivity index (χ4n) is 2.33. The molecule has 0 aromatic heterocycles. The van der Waals surface area contributed by atoms with E-state index in [4.69, 9.17) is 0 Å². The molecule has 1 atom stereocenters. The van der Waals surface area contributed by atoms with Gasteiger partial charge in [-0.15, -0.1) is 0 Å². The first-order chi connectivity index (χ1) is 5.53. The van der Waals surface area contributed by atoms with E-state index in [2.05, 4.69) is 26.8 Å². The second-order valence-electron chi connectivity index (χ2n) is 4.72. The quantitative estimate of drug-likeness (QED) is 0.455. The third kappa shape index (κ3) is 2.47. The second-order valence-corrected chi connectivity index (χ2v) is 4.72. The van der Waals surface area contributed by atoms with Crippen LogP contribution in [-0.2, 0) is 4.79 Å². The van der Waals surface area contributed by atoms with Gasteiger partial charge in [-0.25, -0.2) is 0 Å². The Morgan fingerprint density at radius 2 is 2.33 bits per heavy atom. The molecule has 0 fully saturated rings. The summed E-state index contributed by atoms with van der Waals surface area (Å²) >= 11 is 0. The summed E-state index contributed by atoms with van der Waals surface area (Å²) in [6.07, 6.45) is 6.25. The Balaban J connectivity index is 2.69. The molecule has 1 rings (SSSR count). The minimum atomic E-state index is 0.395. The summed E-state index contributed by atoms with van der Waals surface area (Å²) in [5.74, 6) is 0.642. The highest BCUT2D eigenvalue weighted by molar-refractivity contribution is 5.54. The van der Waals surface area contributed by atoms with Crippen LogP contribution in [0.1, 0.15) is 40.0 Å². The number of aldehydes is 1. The number of carbonyl (C=O) groups is 1. The first-order valence-corrected chi connectivity index (χ1v) is 4.67. The maximum atomic E-state index is 10.3. The molecular formula is C11H18O. The molecule has 0 aromatic carbocycles. The highest BCUT2D eigenvalue weighted by Crippen LogP contribution is 2.38. The highest BCUT2D eigenvalue weighted by atomic mass is 16.1. The fourth-order valence-corrected chi connectivity index (χ4v) is 2.33. The van der Waals surface area contributed by atoms with Crippen molar-refractivity contribution in [3.63, 3.8) is 0 Å². The largest absolute Gasteiger partial charge is 0.303 e. The van der Waals surface area contributed by atoms with Gasteiger partial charge in [0.2, 0.25) is 0 Å². The van der Waals surface area contributed by atoms with E-state index in [1.165, 1.54) is 12.0 Å². The lowest BCUT2D eigenvalue weighted by Gasteiger charge is -2.32. The highest BCUT2D eigenvalue weighted by Gasteiger charge is 2.25. The first kappa shape index (κ1) is 9.50. The molecule has 68 valence electrons. The van der Waals surface area contributed by atoms with E-state index >= 15 is 0 Å². The van der Waals surface area contributed by atoms with E-state index in [1.807, 2.05) is 0 Å². The maximum absolute atomic E-state index is 10.3. The molecule has 0 spiro atoms. The van der Waals surface area contributed by atoms with Gasteiger partial charge in [0.15, 0.2) is 0 Å². The van der Waals surface area contributed by atoms with Crippen LogP contribution in [0.5, 0.6) is 0 Å². The lowest BCUT2D eigenvalue weighted by atomic mass is 9.73. The summed E-state index contributed by atoms with van der Waals surface area (Å²) in [5, 5.41) is 0. The molecule has 0 unspecified atom stereocenters. The van der Waals surface area contributed by atoms with E-state index in [9.17, 15) is 4.79 Å². The van der Waals surface area contributed by atoms with Crippen LogP contribution in [0.25, 0.3) is 0 Å². The van der Waals surface area contributed by atoms with Crippen LogP contribution in [0.4, 0.5) is 0 Å². The van der Waals surface area contributed by atoms with Crippen LogP contribution in [0, 0.1) is 11.3 Å². The Bertz CT molecular complexity index is 201. The zero-order valence-corrected chi connectivity index (χ0v) is 8.26. The van der Waals surface area contributed by atoms with Crippen molar-refractivity contribution in [2.45, 2.75) is 40.0 Å². The molecular weight excluding hydrogens is 148 g/mol. The lowest BCUT2D eigenvalue weighted by molar-refractivity contribution is -0.107. The molecule has 0 radical (unpaired) electrons. The molecule has 1 heteroatoms. The van der Waals surface area contributed by atoms with Crippen molar-refractivity contribution in [1.82, 2.24) is 0 Å². The number of hydrogen-bond acceptors (Lipinski definition) is 1. The minimum absolute atomic E-state index is 0.395. The summed E-state index contributed by atoms with van der Waals surface area (Å²) < 4.78 is 0. The molecule has 0 saturated carbocycles. The smallest absolute Gasteiger partial charge is 0.124 e. The van der Waals surface area contributed by atoms with Crippen LogP contribution in [0.15, 0.2) is 11.6 Å². The molecule has 1 aliphatic carbocycles. The van der Waals surface area contributed by atoms with Gasteiger partial charge in [-0.05, 0) is 24.2 Å². The first-order valence-electron chi connectivity index (χ1n) is 4.67. The van der Waals surface area contributed by atoms with E-state index < -0.39 is 0 Å². The average molecular weight is 166 g/mol. The molecule has 1 aliphatic rings. The van der Waals surface area contributed by atoms with E-state index in [0.29, 0.717) is 17.8 Å². The number of rotatable bonds is 2. The summed E-state index contributed by atoms with van der Waals surface area (Å²) in [6.45, 7) is 6.79. The monoisotopic (exact) mass is 166 g/mol. The molecule has 0 heterocycles. The van der Waals surface area contributed by atoms with Crippen molar-refractivity contribution >= 4 is 6.29 Å². The van der Waals surface area contributed by atoms with Gasteiger partial charge < -0.3 is 4.79 Å². The maximum Gasteiger partial charge on any atom is 0.124 e. The molecule has 1 nitrogen and oxygen atoms in total. The van der Waals surface area contributed by atoms with Gasteiger partial charge >= 0.3 is 0 Å². The van der Waals surface area contributed by atoms with Crippen molar-refractivity contribution in [3.8, 4) is 0 Å². The standard InChI is InChI=1S/C11H18O/c1-9-6-10(4-5-12)8-11(2,3)7-9/h5-6,9H,4,7-8H2,1-3H3/t9-/m0/s1. The van der Waals surface area contributed by atoms with Crippen LogP contribution in [-0.4, -0.2) is 6.29 Å². The third-order valence-corrected chi connectivity index (χ3v) is 2.45. The molecule has 12 heavy (non-hydrogen) atoms. The van der Waals surface area contributed by atoms with Gasteiger partial charge in [-0.1, -0.05) is 32.4 Å². The van der Waals surface area contributed by atoms with Gasteiger partial charge in [0.25, 0.3) is 0 Å². The molecule has 0 N–H and O–H groups in total. The summed E-state index contributed by atoms with van der Waals surface area (Å²) in [5.41, 5.74) is 1.72. The average Bonchev–Trinajstić information content (AvgIpc) is 1.82. The zero-order chi connectivity index (χ0) is 9.19. The summed E-state index contributed by atoms with van der Waals surface area (Å²) in [7, 11) is 0. The fraction of sp³-hybridized carbons (Fsp3) is 0.727. The number of carbonyl (C=O) groups excluding carboxylic acids is 1. The number of hydrogen-bond donors (Lipinski definition) is 0. The van der Waals surface area contributed by atoms with Gasteiger partial charge in [-0.2, -0.15) is 0 Å². The zero-order valence-electron chi connectivity index (χ0n) is 8.26. The molecule has 0 amide bonds. The second kappa shape index (κ2) is 3.42. The predicted octanol–water partition coefficient (Wildman–Crippen LogP) is 2.96. The van der Waals surface area contributed by atoms with Crippen LogP contribution < -0.4 is 0 Å². The lowest BCUT2D eigenvalue weighted by Crippen LogP contribution is -2.20. The number of allylic oxidation sites excluding steroid dienone is 2. The van der Waals surface area contributed by atoms with E-state index in [-0.39, 0.29) is 0 Å². The van der Waals surface area contributed by atoms with Gasteiger partial charge in [0.1, 0.15) is 6.29 Å². The van der Waals surface area contributed by atoms with E-state index in [0.717, 1.165) is 12.7 Å². The topological polar surface area (TPSA) is 17.1 Å². The van der Waals surface area contributed by atoms with Crippen molar-refractivity contribution in [3.05, 3.63) is 11.6 Å². The Labute approximate surface area is 74.9 Å². The molecule has 0 saturated heterocycles. The normalized spacial score (nSPS) is 27.9. The molecule has 0 bridgehead atoms. The predicted molar refractivity (Wildman–Crippen MR) is 50.9 cm³/mol. The Morgan fingerprint density at radius 3 is 2.83 bits per heavy atom. The van der Waals surface area contributed by atoms with Gasteiger partial charge in [0, 0.05) is 6.42 Å². The Morgan fingerprint density at radius 1 is 1.67 bits per heavy atom. The van der Waals surface area contributed by atoms with Crippen molar-refractivity contribution in [1.29, 1.82) is 0 Å². The summed E-state index contributed by atoms with van der Waals surface area (Å²) in [4.78, 5) is 10.3. The van der Waals surface area contributed by atoms with Gasteiger partial charge in [-0.3, -0.25) is 0 Å². The van der Waals surface area contributed by atoms with E-state index in [1.54, 1.807) is 0 Å². The van der Waals surface area contributed by atoms with Crippen molar-refractivity contribution in [2.75, 3.05) is 0 Å². The Kier molecular flexibility index (Phi) is 2.71. The summed E-state index contributed by atoms with van der Waals surface area (Å²) in [6, 6.07) is 0. The van der Waals surface area contributed by atoms with Crippen LogP contribution in [0.2, 0.25) is 0 Å². The van der Waals surface area contributed by atoms with Crippen molar-refractivity contribution in [2.24, 2.45) is 11.3 Å². The molecule has 0 aliphatic heterocycles. The SMILES string of the molecule is C[C@H]1C=C(CC=O)CC(C)(C)C1. The molecule has 0 aromatic rings. The van der Waals surface area contributed by atoms with Gasteiger partial charge in [0.05, 0.1) is 0 Å².